The predicted molar refractivity (Wildman–Crippen MR) is 252 cm³/mol. The Bertz CT molecular complexity index is 1990. The van der Waals surface area contributed by atoms with Crippen molar-refractivity contribution in [2.24, 2.45) is 0 Å². The first-order valence-corrected chi connectivity index (χ1v) is 31.1. The lowest BCUT2D eigenvalue weighted by Crippen LogP contribution is -2.48. The van der Waals surface area contributed by atoms with Gasteiger partial charge in [-0.15, -0.1) is 11.8 Å². The number of hydrogen-bond donors (Lipinski definition) is 1. The van der Waals surface area contributed by atoms with Gasteiger partial charge in [-0.1, -0.05) is 114 Å². The smallest absolute Gasteiger partial charge is 0.351 e. The van der Waals surface area contributed by atoms with Crippen molar-refractivity contribution in [3.8, 4) is 5.75 Å². The molecule has 1 aliphatic heterocycles. The highest BCUT2D eigenvalue weighted by Crippen LogP contribution is 2.44. The number of aromatic nitrogens is 2. The molecule has 13 heteroatoms. The Morgan fingerprint density at radius 3 is 1.83 bits per heavy atom. The molecule has 2 heterocycles. The van der Waals surface area contributed by atoms with Crippen LogP contribution in [0.15, 0.2) is 101 Å². The van der Waals surface area contributed by atoms with E-state index in [0.717, 1.165) is 27.3 Å². The van der Waals surface area contributed by atoms with Gasteiger partial charge in [-0.25, -0.2) is 4.79 Å². The topological polar surface area (TPSA) is 93.1 Å². The highest BCUT2D eigenvalue weighted by molar-refractivity contribution is 7.99. The van der Waals surface area contributed by atoms with Crippen molar-refractivity contribution >= 4 is 42.5 Å². The van der Waals surface area contributed by atoms with Crippen molar-refractivity contribution in [1.29, 1.82) is 0 Å². The molecule has 5 rings (SSSR count). The maximum absolute atomic E-state index is 14.6. The molecular formula is C46H69N3O6SSi3. The van der Waals surface area contributed by atoms with E-state index in [-0.39, 0.29) is 22.3 Å². The number of ether oxygens (including phenoxy) is 2. The molecule has 1 fully saturated rings. The molecule has 0 bridgehead atoms. The quantitative estimate of drug-likeness (QED) is 0.0482. The minimum absolute atomic E-state index is 0.00266. The third-order valence-corrected chi connectivity index (χ3v) is 23.2. The predicted octanol–water partition coefficient (Wildman–Crippen LogP) is 11.3. The van der Waals surface area contributed by atoms with Crippen LogP contribution in [0.4, 0.5) is 5.82 Å². The second-order valence-corrected chi connectivity index (χ2v) is 34.9. The van der Waals surface area contributed by atoms with Gasteiger partial charge in [-0.3, -0.25) is 4.57 Å². The number of nitrogens with zero attached hydrogens (tertiary/aromatic N) is 2. The molecule has 0 amide bonds. The van der Waals surface area contributed by atoms with Crippen molar-refractivity contribution < 1.29 is 22.8 Å². The van der Waals surface area contributed by atoms with Crippen molar-refractivity contribution in [1.82, 2.24) is 9.55 Å². The van der Waals surface area contributed by atoms with Crippen LogP contribution in [0.1, 0.15) is 70.9 Å². The van der Waals surface area contributed by atoms with E-state index in [9.17, 15) is 4.79 Å². The number of anilines is 1. The molecular weight excluding hydrogens is 807 g/mol. The average Bonchev–Trinajstić information content (AvgIpc) is 3.56. The summed E-state index contributed by atoms with van der Waals surface area (Å²) in [4.78, 5) is 20.3. The number of hydrogen-bond acceptors (Lipinski definition) is 9. The first-order valence-electron chi connectivity index (χ1n) is 20.9. The Balaban J connectivity index is 1.63. The van der Waals surface area contributed by atoms with Crippen LogP contribution in [-0.2, 0) is 23.6 Å². The van der Waals surface area contributed by atoms with E-state index >= 15 is 0 Å². The minimum Gasteiger partial charge on any atom is -0.497 e. The molecule has 3 atom stereocenters. The van der Waals surface area contributed by atoms with Crippen LogP contribution in [0.5, 0.6) is 5.75 Å². The summed E-state index contributed by atoms with van der Waals surface area (Å²) in [6.45, 7) is 30.1. The summed E-state index contributed by atoms with van der Waals surface area (Å²) in [5.41, 5.74) is 1.63. The van der Waals surface area contributed by atoms with Gasteiger partial charge in [0.2, 0.25) is 0 Å². The van der Waals surface area contributed by atoms with Gasteiger partial charge in [0.25, 0.3) is 0 Å². The van der Waals surface area contributed by atoms with E-state index in [4.69, 9.17) is 27.7 Å². The van der Waals surface area contributed by atoms with Gasteiger partial charge in [-0.2, -0.15) is 4.98 Å². The minimum atomic E-state index is -2.21. The standard InChI is InChI=1S/C46H69N3O6SSi3/c1-44(2,3)58(11,12)53-33-39-38(55-59(13,14)45(4,5)6)31-41(54-39)49-32-40(56-30-29-52-57(8,9)10)42(47-43(49)50)48-46(34-21-17-15-18-22-34,35-23-19-16-20-24-35)36-25-27-37(51-7)28-26-36/h15-28,32,38-39,41H,29-31,33H2,1-14H3,(H,47,48,50)/t38-,39+,41-/m0/s1. The largest absolute Gasteiger partial charge is 0.497 e. The lowest BCUT2D eigenvalue weighted by Gasteiger charge is -2.40. The zero-order chi connectivity index (χ0) is 43.4. The SMILES string of the molecule is COc1ccc(C(Nc2nc(=O)n([C@@H]3C[C@H](O[Si](C)(C)C(C)(C)C)[C@@H](CO[Si](C)(C)C(C)(C)C)O3)cc2SCCO[Si](C)(C)C)(c2ccccc2)c2ccccc2)cc1. The molecule has 1 N–H and O–H groups in total. The molecule has 322 valence electrons. The van der Waals surface area contributed by atoms with Crippen molar-refractivity contribution in [3.63, 3.8) is 0 Å². The fourth-order valence-corrected chi connectivity index (χ4v) is 10.7. The molecule has 9 nitrogen and oxygen atoms in total. The van der Waals surface area contributed by atoms with Gasteiger partial charge >= 0.3 is 5.69 Å². The van der Waals surface area contributed by atoms with Crippen molar-refractivity contribution in [2.75, 3.05) is 31.4 Å². The summed E-state index contributed by atoms with van der Waals surface area (Å²) in [6.07, 6.45) is 1.28. The van der Waals surface area contributed by atoms with Gasteiger partial charge in [-0.05, 0) is 84.7 Å². The summed E-state index contributed by atoms with van der Waals surface area (Å²) in [5.74, 6) is 1.91. The Labute approximate surface area is 361 Å². The van der Waals surface area contributed by atoms with E-state index in [0.29, 0.717) is 31.2 Å². The number of nitrogens with one attached hydrogen (secondary N) is 1. The van der Waals surface area contributed by atoms with Crippen LogP contribution in [0.3, 0.4) is 0 Å². The number of thioether (sulfide) groups is 1. The van der Waals surface area contributed by atoms with Crippen LogP contribution in [0.2, 0.25) is 55.9 Å². The molecule has 1 aliphatic rings. The molecule has 1 saturated heterocycles. The summed E-state index contributed by atoms with van der Waals surface area (Å²) >= 11 is 1.63. The zero-order valence-electron chi connectivity index (χ0n) is 38.0. The molecule has 3 aromatic carbocycles. The third-order valence-electron chi connectivity index (χ3n) is 12.2. The molecule has 1 aromatic heterocycles. The summed E-state index contributed by atoms with van der Waals surface area (Å²) in [6, 6.07) is 28.7. The Morgan fingerprint density at radius 1 is 0.780 bits per heavy atom. The number of rotatable bonds is 17. The van der Waals surface area contributed by atoms with Crippen LogP contribution in [0.25, 0.3) is 0 Å². The van der Waals surface area contributed by atoms with E-state index in [1.54, 1.807) is 23.4 Å². The lowest BCUT2D eigenvalue weighted by atomic mass is 9.77. The lowest BCUT2D eigenvalue weighted by molar-refractivity contribution is -0.0414. The Hall–Kier alpha value is -3.02. The van der Waals surface area contributed by atoms with Gasteiger partial charge < -0.3 is 28.1 Å². The normalized spacial score (nSPS) is 18.2. The van der Waals surface area contributed by atoms with Crippen LogP contribution >= 0.6 is 11.8 Å². The monoisotopic (exact) mass is 875 g/mol. The molecule has 59 heavy (non-hydrogen) atoms. The fourth-order valence-electron chi connectivity index (χ4n) is 6.67. The fraction of sp³-hybridized carbons (Fsp3) is 0.522. The number of benzene rings is 3. The Kier molecular flexibility index (Phi) is 14.8. The molecule has 0 saturated carbocycles. The summed E-state index contributed by atoms with van der Waals surface area (Å²) in [5, 5.41) is 3.92. The molecule has 4 aromatic rings. The Morgan fingerprint density at radius 2 is 1.32 bits per heavy atom. The van der Waals surface area contributed by atoms with E-state index < -0.39 is 42.4 Å². The maximum Gasteiger partial charge on any atom is 0.351 e. The van der Waals surface area contributed by atoms with Crippen molar-refractivity contribution in [3.05, 3.63) is 118 Å². The van der Waals surface area contributed by atoms with Gasteiger partial charge in [0.05, 0.1) is 24.7 Å². The molecule has 0 radical (unpaired) electrons. The van der Waals surface area contributed by atoms with Crippen LogP contribution in [0, 0.1) is 0 Å². The highest BCUT2D eigenvalue weighted by atomic mass is 32.2. The molecule has 0 unspecified atom stereocenters. The zero-order valence-corrected chi connectivity index (χ0v) is 41.8. The second kappa shape index (κ2) is 18.5. The van der Waals surface area contributed by atoms with Crippen molar-refractivity contribution in [2.45, 2.75) is 133 Å². The third kappa shape index (κ3) is 11.3. The summed E-state index contributed by atoms with van der Waals surface area (Å²) < 4.78 is 34.3. The molecule has 0 aliphatic carbocycles. The van der Waals surface area contributed by atoms with Gasteiger partial charge in [0.1, 0.15) is 29.4 Å². The highest BCUT2D eigenvalue weighted by Gasteiger charge is 2.47. The van der Waals surface area contributed by atoms with Crippen LogP contribution in [-0.4, -0.2) is 72.8 Å². The van der Waals surface area contributed by atoms with Gasteiger partial charge in [0, 0.05) is 25.0 Å². The molecule has 0 spiro atoms. The van der Waals surface area contributed by atoms with E-state index in [2.05, 4.69) is 129 Å². The van der Waals surface area contributed by atoms with E-state index in [1.165, 1.54) is 0 Å². The number of methoxy groups -OCH3 is 1. The first-order chi connectivity index (χ1) is 27.5. The average molecular weight is 876 g/mol. The van der Waals surface area contributed by atoms with Crippen LogP contribution < -0.4 is 15.7 Å². The van der Waals surface area contributed by atoms with E-state index in [1.807, 2.05) is 54.7 Å². The second-order valence-electron chi connectivity index (χ2n) is 19.6. The first kappa shape index (κ1) is 47.0. The summed E-state index contributed by atoms with van der Waals surface area (Å²) in [7, 11) is -4.41. The maximum atomic E-state index is 14.6. The van der Waals surface area contributed by atoms with Gasteiger partial charge in [0.15, 0.2) is 25.0 Å².